The average Bonchev–Trinajstić information content (AvgIpc) is 2.25. The van der Waals surface area contributed by atoms with Gasteiger partial charge in [-0.1, -0.05) is 0 Å². The molecule has 0 spiro atoms. The van der Waals surface area contributed by atoms with Crippen molar-refractivity contribution in [1.29, 1.82) is 0 Å². The number of rotatable bonds is 2. The molecule has 0 aliphatic carbocycles. The van der Waals surface area contributed by atoms with E-state index >= 15 is 0 Å². The van der Waals surface area contributed by atoms with Crippen LogP contribution in [0.4, 0.5) is 12.9 Å². The van der Waals surface area contributed by atoms with E-state index in [1.165, 1.54) is 0 Å². The molecule has 0 unspecified atom stereocenters. The minimum atomic E-state index is -3.67. The summed E-state index contributed by atoms with van der Waals surface area (Å²) in [5, 5.41) is 35.6. The van der Waals surface area contributed by atoms with Gasteiger partial charge in [-0.2, -0.15) is 0 Å². The Kier molecular flexibility index (Phi) is 74.4. The number of carbonyl (C=O) groups is 4. The maximum atomic E-state index is 9.67. The molecule has 0 N–H and O–H groups in total. The van der Waals surface area contributed by atoms with Gasteiger partial charge in [0.1, 0.15) is 0 Å². The molecule has 0 atom stereocenters. The van der Waals surface area contributed by atoms with Crippen LogP contribution in [0, 0.1) is 0 Å². The van der Waals surface area contributed by atoms with Gasteiger partial charge in [-0.3, -0.25) is 12.9 Å². The minimum Gasteiger partial charge on any atom is -0.550 e. The fourth-order valence-electron chi connectivity index (χ4n) is 0.204. The number of carboxylic acid groups (broad SMARTS) is 4. The first-order valence-electron chi connectivity index (χ1n) is 6.28. The molecule has 0 heterocycles. The van der Waals surface area contributed by atoms with Crippen LogP contribution in [0.25, 0.3) is 0 Å². The summed E-state index contributed by atoms with van der Waals surface area (Å²) in [6.07, 6.45) is 0. The molecule has 156 valence electrons. The summed E-state index contributed by atoms with van der Waals surface area (Å²) in [6.45, 7) is 9.56. The van der Waals surface area contributed by atoms with Gasteiger partial charge >= 0.3 is 7.54 Å². The molecule has 9 nitrogen and oxygen atoms in total. The van der Waals surface area contributed by atoms with E-state index in [4.69, 9.17) is 44.3 Å². The second-order valence-corrected chi connectivity index (χ2v) is 3.00. The van der Waals surface area contributed by atoms with Crippen molar-refractivity contribution in [3.05, 3.63) is 0 Å². The molecule has 0 aromatic heterocycles. The molecule has 0 aliphatic rings. The van der Waals surface area contributed by atoms with Crippen LogP contribution >= 0.6 is 0 Å². The Morgan fingerprint density at radius 3 is 0.769 bits per heavy atom. The summed E-state index contributed by atoms with van der Waals surface area (Å²) in [4.78, 5) is 35.6. The third kappa shape index (κ3) is 27800. The Balaban J connectivity index is -0.0000000331. The van der Waals surface area contributed by atoms with Crippen molar-refractivity contribution in [3.63, 3.8) is 0 Å². The molecule has 0 saturated heterocycles. The van der Waals surface area contributed by atoms with E-state index in [1.807, 2.05) is 13.8 Å². The van der Waals surface area contributed by atoms with Gasteiger partial charge in [0.25, 0.3) is 0 Å². The van der Waals surface area contributed by atoms with E-state index in [2.05, 4.69) is 0 Å². The Morgan fingerprint density at radius 2 is 0.769 bits per heavy atom. The first-order valence-corrected chi connectivity index (χ1v) is 6.28. The van der Waals surface area contributed by atoms with Crippen molar-refractivity contribution >= 4 is 58.7 Å². The molecular weight excluding hydrogens is 563 g/mol. The van der Waals surface area contributed by atoms with Crippen LogP contribution in [0.1, 0.15) is 41.5 Å². The molecule has 0 aromatic rings. The zero-order chi connectivity index (χ0) is 22.0. The number of hydrogen-bond acceptors (Lipinski definition) is 9. The summed E-state index contributed by atoms with van der Waals surface area (Å²) in [5.74, 6) is -4.33. The SMILES string of the molecule is CC(=O)[O-].CC(=O)[O-].CC(=O)[O-].CC(=O)[O-].CCOCC.FB(F)F.[Pb]. The monoisotopic (exact) mass is 586 g/mol. The van der Waals surface area contributed by atoms with Gasteiger partial charge in [-0.15, -0.1) is 0 Å². The summed E-state index contributed by atoms with van der Waals surface area (Å²) in [7, 11) is -3.67. The Bertz CT molecular complexity index is 254. The Morgan fingerprint density at radius 1 is 0.692 bits per heavy atom. The van der Waals surface area contributed by atoms with Gasteiger partial charge in [0.15, 0.2) is 0 Å². The first kappa shape index (κ1) is 44.2. The molecule has 26 heavy (non-hydrogen) atoms. The van der Waals surface area contributed by atoms with Crippen molar-refractivity contribution in [2.24, 2.45) is 0 Å². The Labute approximate surface area is 170 Å². The Hall–Kier alpha value is -1.38. The van der Waals surface area contributed by atoms with Crippen LogP contribution in [0.3, 0.4) is 0 Å². The second kappa shape index (κ2) is 43.8. The van der Waals surface area contributed by atoms with Gasteiger partial charge in [-0.25, -0.2) is 0 Å². The predicted octanol–water partition coefficient (Wildman–Crippen LogP) is -3.43. The van der Waals surface area contributed by atoms with Gasteiger partial charge < -0.3 is 44.3 Å². The van der Waals surface area contributed by atoms with E-state index in [0.717, 1.165) is 40.9 Å². The van der Waals surface area contributed by atoms with Crippen molar-refractivity contribution in [3.8, 4) is 0 Å². The van der Waals surface area contributed by atoms with Crippen LogP contribution < -0.4 is 20.4 Å². The number of carboxylic acids is 4. The summed E-state index contributed by atoms with van der Waals surface area (Å²) < 4.78 is 33.8. The summed E-state index contributed by atoms with van der Waals surface area (Å²) >= 11 is 0. The molecule has 0 amide bonds. The molecule has 0 aliphatic heterocycles. The molecule has 0 fully saturated rings. The molecule has 0 saturated carbocycles. The number of hydrogen-bond donors (Lipinski definition) is 0. The van der Waals surface area contributed by atoms with E-state index in [0.29, 0.717) is 0 Å². The van der Waals surface area contributed by atoms with E-state index in [-0.39, 0.29) is 27.3 Å². The normalized spacial score (nSPS) is 6.50. The van der Waals surface area contributed by atoms with Crippen LogP contribution in [0.15, 0.2) is 0 Å². The predicted molar refractivity (Wildman–Crippen MR) is 79.7 cm³/mol. The maximum Gasteiger partial charge on any atom is 0.762 e. The molecule has 0 bridgehead atoms. The topological polar surface area (TPSA) is 170 Å². The molecule has 0 rings (SSSR count). The average molecular weight is 585 g/mol. The van der Waals surface area contributed by atoms with Crippen LogP contribution in [0.2, 0.25) is 0 Å². The first-order chi connectivity index (χ1) is 11.1. The standard InChI is InChI=1S/C4H10O.4C2H4O2.BF3.Pb/c1-3-5-4-2;4*1-2(3)4;2-1(3)4;/h3-4H2,1-2H3;4*1H3,(H,3,4);;/p-4. The zero-order valence-electron chi connectivity index (χ0n) is 15.3. The van der Waals surface area contributed by atoms with Crippen LogP contribution in [0.5, 0.6) is 0 Å². The smallest absolute Gasteiger partial charge is 0.550 e. The molecule has 4 radical (unpaired) electrons. The summed E-state index contributed by atoms with van der Waals surface area (Å²) in [6, 6.07) is 0. The summed E-state index contributed by atoms with van der Waals surface area (Å²) in [5.41, 5.74) is 0. The number of aliphatic carboxylic acids is 4. The third-order valence-corrected chi connectivity index (χ3v) is 0.408. The number of ether oxygens (including phenoxy) is 1. The fraction of sp³-hybridized carbons (Fsp3) is 0.667. The quantitative estimate of drug-likeness (QED) is 0.300. The maximum absolute atomic E-state index is 9.67. The van der Waals surface area contributed by atoms with E-state index < -0.39 is 31.4 Å². The van der Waals surface area contributed by atoms with Gasteiger partial charge in [0, 0.05) is 64.4 Å². The van der Waals surface area contributed by atoms with Gasteiger partial charge in [0.2, 0.25) is 0 Å². The van der Waals surface area contributed by atoms with Crippen LogP contribution in [-0.4, -0.2) is 71.9 Å². The molecule has 14 heteroatoms. The van der Waals surface area contributed by atoms with Crippen molar-refractivity contribution in [1.82, 2.24) is 0 Å². The van der Waals surface area contributed by atoms with E-state index in [9.17, 15) is 12.9 Å². The third-order valence-electron chi connectivity index (χ3n) is 0.408. The zero-order valence-corrected chi connectivity index (χ0v) is 19.2. The molecular formula is C12H22BF3O9Pb-4. The second-order valence-electron chi connectivity index (χ2n) is 3.00. The van der Waals surface area contributed by atoms with Crippen molar-refractivity contribution in [2.75, 3.05) is 13.2 Å². The van der Waals surface area contributed by atoms with E-state index in [1.54, 1.807) is 0 Å². The fourth-order valence-corrected chi connectivity index (χ4v) is 0.204. The van der Waals surface area contributed by atoms with Crippen LogP contribution in [-0.2, 0) is 23.9 Å². The minimum absolute atomic E-state index is 0. The van der Waals surface area contributed by atoms with Crippen molar-refractivity contribution in [2.45, 2.75) is 41.5 Å². The van der Waals surface area contributed by atoms with Gasteiger partial charge in [0.05, 0.1) is 0 Å². The van der Waals surface area contributed by atoms with Crippen molar-refractivity contribution < 1.29 is 57.3 Å². The number of carbonyl (C=O) groups excluding carboxylic acids is 4. The number of halogens is 3. The largest absolute Gasteiger partial charge is 0.762 e. The molecule has 0 aromatic carbocycles. The van der Waals surface area contributed by atoms with Gasteiger partial charge in [-0.05, 0) is 41.5 Å².